The monoisotopic (exact) mass is 310 g/mol. The van der Waals surface area contributed by atoms with Crippen molar-refractivity contribution in [2.45, 2.75) is 0 Å². The highest BCUT2D eigenvalue weighted by atomic mass is 35.5. The number of urea groups is 1. The highest BCUT2D eigenvalue weighted by molar-refractivity contribution is 5.97. The van der Waals surface area contributed by atoms with Crippen molar-refractivity contribution in [3.63, 3.8) is 0 Å². The normalized spacial score (nSPS) is 12.3. The van der Waals surface area contributed by atoms with E-state index in [-0.39, 0.29) is 24.9 Å². The van der Waals surface area contributed by atoms with Gasteiger partial charge in [-0.1, -0.05) is 18.2 Å². The number of imide groups is 1. The van der Waals surface area contributed by atoms with Crippen LogP contribution in [0.5, 0.6) is 0 Å². The number of nitrogens with zero attached hydrogens (tertiary/aromatic N) is 1. The molecule has 0 saturated heterocycles. The quantitative estimate of drug-likeness (QED) is 0.734. The summed E-state index contributed by atoms with van der Waals surface area (Å²) in [7, 11) is 0. The van der Waals surface area contributed by atoms with Gasteiger partial charge in [-0.15, -0.1) is 19.0 Å². The highest BCUT2D eigenvalue weighted by Gasteiger charge is 2.19. The zero-order chi connectivity index (χ0) is 14.4. The van der Waals surface area contributed by atoms with Crippen LogP contribution in [0.3, 0.4) is 0 Å². The molecular formula is C14H19ClN4O2. The Hall–Kier alpha value is -2.21. The van der Waals surface area contributed by atoms with Crippen molar-refractivity contribution in [2.75, 3.05) is 36.4 Å². The summed E-state index contributed by atoms with van der Waals surface area (Å²) in [5.74, 6) is -0.330. The van der Waals surface area contributed by atoms with Gasteiger partial charge in [0.2, 0.25) is 5.91 Å². The van der Waals surface area contributed by atoms with E-state index < -0.39 is 6.03 Å². The molecule has 0 fully saturated rings. The smallest absolute Gasteiger partial charge is 0.321 e. The van der Waals surface area contributed by atoms with Gasteiger partial charge in [0.05, 0.1) is 17.9 Å². The summed E-state index contributed by atoms with van der Waals surface area (Å²) in [6, 6.07) is 7.28. The van der Waals surface area contributed by atoms with E-state index in [1.165, 1.54) is 0 Å². The SMILES string of the molecule is C=CCNC(=O)NC(=O)CN1CCNc2ccccc21.Cl. The third kappa shape index (κ3) is 4.68. The average Bonchev–Trinajstić information content (AvgIpc) is 2.45. The molecule has 1 heterocycles. The molecule has 114 valence electrons. The molecule has 0 aromatic heterocycles. The Morgan fingerprint density at radius 1 is 1.38 bits per heavy atom. The first kappa shape index (κ1) is 16.8. The van der Waals surface area contributed by atoms with E-state index in [0.717, 1.165) is 24.5 Å². The third-order valence-corrected chi connectivity index (χ3v) is 2.94. The van der Waals surface area contributed by atoms with Gasteiger partial charge in [-0.3, -0.25) is 10.1 Å². The standard InChI is InChI=1S/C14H18N4O2.ClH/c1-2-7-16-14(20)17-13(19)10-18-9-8-15-11-5-3-4-6-12(11)18;/h2-6,15H,1,7-10H2,(H2,16,17,19,20);1H. The molecule has 3 amide bonds. The van der Waals surface area contributed by atoms with Crippen molar-refractivity contribution in [3.05, 3.63) is 36.9 Å². The summed E-state index contributed by atoms with van der Waals surface area (Å²) in [5, 5.41) is 8.06. The number of rotatable bonds is 4. The van der Waals surface area contributed by atoms with E-state index in [1.807, 2.05) is 29.2 Å². The Kier molecular flexibility index (Phi) is 6.55. The van der Waals surface area contributed by atoms with Gasteiger partial charge in [-0.2, -0.15) is 0 Å². The molecule has 0 saturated carbocycles. The van der Waals surface area contributed by atoms with Crippen LogP contribution < -0.4 is 20.9 Å². The average molecular weight is 311 g/mol. The van der Waals surface area contributed by atoms with Gasteiger partial charge in [0, 0.05) is 19.6 Å². The van der Waals surface area contributed by atoms with Crippen molar-refractivity contribution >= 4 is 35.7 Å². The number of anilines is 2. The molecule has 21 heavy (non-hydrogen) atoms. The molecule has 1 aromatic rings. The summed E-state index contributed by atoms with van der Waals surface area (Å²) in [5.41, 5.74) is 1.98. The number of hydrogen-bond donors (Lipinski definition) is 3. The Labute approximate surface area is 130 Å². The maximum absolute atomic E-state index is 11.8. The van der Waals surface area contributed by atoms with E-state index in [0.29, 0.717) is 6.54 Å². The molecule has 0 spiro atoms. The molecule has 1 aliphatic rings. The maximum atomic E-state index is 11.8. The predicted molar refractivity (Wildman–Crippen MR) is 86.1 cm³/mol. The summed E-state index contributed by atoms with van der Waals surface area (Å²) < 4.78 is 0. The molecule has 6 nitrogen and oxygen atoms in total. The van der Waals surface area contributed by atoms with Gasteiger partial charge < -0.3 is 15.5 Å². The first-order chi connectivity index (χ1) is 9.70. The number of fused-ring (bicyclic) bond motifs is 1. The molecule has 2 rings (SSSR count). The fraction of sp³-hybridized carbons (Fsp3) is 0.286. The Morgan fingerprint density at radius 2 is 2.14 bits per heavy atom. The molecule has 0 atom stereocenters. The minimum absolute atomic E-state index is 0. The Balaban J connectivity index is 0.00000220. The van der Waals surface area contributed by atoms with Gasteiger partial charge in [0.15, 0.2) is 0 Å². The van der Waals surface area contributed by atoms with Crippen LogP contribution in [0.2, 0.25) is 0 Å². The lowest BCUT2D eigenvalue weighted by atomic mass is 10.2. The highest BCUT2D eigenvalue weighted by Crippen LogP contribution is 2.27. The number of nitrogens with one attached hydrogen (secondary N) is 3. The van der Waals surface area contributed by atoms with Crippen molar-refractivity contribution in [1.82, 2.24) is 10.6 Å². The fourth-order valence-corrected chi connectivity index (χ4v) is 2.06. The first-order valence-electron chi connectivity index (χ1n) is 6.47. The van der Waals surface area contributed by atoms with Crippen molar-refractivity contribution < 1.29 is 9.59 Å². The second kappa shape index (κ2) is 8.16. The van der Waals surface area contributed by atoms with Crippen LogP contribution in [-0.2, 0) is 4.79 Å². The van der Waals surface area contributed by atoms with Gasteiger partial charge in [0.1, 0.15) is 0 Å². The molecule has 3 N–H and O–H groups in total. The molecule has 0 unspecified atom stereocenters. The van der Waals surface area contributed by atoms with Crippen LogP contribution in [-0.4, -0.2) is 38.1 Å². The van der Waals surface area contributed by atoms with Gasteiger partial charge >= 0.3 is 6.03 Å². The lowest BCUT2D eigenvalue weighted by molar-refractivity contribution is -0.118. The topological polar surface area (TPSA) is 73.5 Å². The number of halogens is 1. The van der Waals surface area contributed by atoms with Crippen LogP contribution in [0.25, 0.3) is 0 Å². The fourth-order valence-electron chi connectivity index (χ4n) is 2.06. The van der Waals surface area contributed by atoms with Gasteiger partial charge in [-0.05, 0) is 12.1 Å². The van der Waals surface area contributed by atoms with Gasteiger partial charge in [-0.25, -0.2) is 4.79 Å². The van der Waals surface area contributed by atoms with E-state index in [1.54, 1.807) is 6.08 Å². The van der Waals surface area contributed by atoms with Crippen molar-refractivity contribution in [3.8, 4) is 0 Å². The molecular weight excluding hydrogens is 292 g/mol. The van der Waals surface area contributed by atoms with Crippen LogP contribution in [0, 0.1) is 0 Å². The van der Waals surface area contributed by atoms with E-state index in [2.05, 4.69) is 22.5 Å². The first-order valence-corrected chi connectivity index (χ1v) is 6.47. The van der Waals surface area contributed by atoms with E-state index in [4.69, 9.17) is 0 Å². The van der Waals surface area contributed by atoms with Crippen LogP contribution >= 0.6 is 12.4 Å². The lowest BCUT2D eigenvalue weighted by Gasteiger charge is -2.31. The number of benzene rings is 1. The Bertz CT molecular complexity index is 521. The zero-order valence-corrected chi connectivity index (χ0v) is 12.4. The summed E-state index contributed by atoms with van der Waals surface area (Å²) in [4.78, 5) is 25.2. The minimum atomic E-state index is -0.502. The molecule has 1 aliphatic heterocycles. The third-order valence-electron chi connectivity index (χ3n) is 2.94. The molecule has 0 aliphatic carbocycles. The Morgan fingerprint density at radius 3 is 2.90 bits per heavy atom. The number of carbonyl (C=O) groups is 2. The summed E-state index contributed by atoms with van der Waals surface area (Å²) in [6.45, 7) is 5.46. The predicted octanol–water partition coefficient (Wildman–Crippen LogP) is 1.35. The largest absolute Gasteiger partial charge is 0.382 e. The summed E-state index contributed by atoms with van der Waals surface area (Å²) in [6.07, 6.45) is 1.55. The van der Waals surface area contributed by atoms with Crippen molar-refractivity contribution in [2.24, 2.45) is 0 Å². The molecule has 0 bridgehead atoms. The van der Waals surface area contributed by atoms with Crippen LogP contribution in [0.1, 0.15) is 0 Å². The van der Waals surface area contributed by atoms with Crippen LogP contribution in [0.15, 0.2) is 36.9 Å². The molecule has 7 heteroatoms. The number of amides is 3. The van der Waals surface area contributed by atoms with Crippen LogP contribution in [0.4, 0.5) is 16.2 Å². The summed E-state index contributed by atoms with van der Waals surface area (Å²) >= 11 is 0. The lowest BCUT2D eigenvalue weighted by Crippen LogP contribution is -2.46. The molecule has 0 radical (unpaired) electrons. The minimum Gasteiger partial charge on any atom is -0.382 e. The number of hydrogen-bond acceptors (Lipinski definition) is 4. The van der Waals surface area contributed by atoms with Gasteiger partial charge in [0.25, 0.3) is 0 Å². The zero-order valence-electron chi connectivity index (χ0n) is 11.6. The second-order valence-electron chi connectivity index (χ2n) is 4.41. The van der Waals surface area contributed by atoms with Crippen molar-refractivity contribution in [1.29, 1.82) is 0 Å². The maximum Gasteiger partial charge on any atom is 0.321 e. The number of para-hydroxylation sites is 2. The second-order valence-corrected chi connectivity index (χ2v) is 4.41. The van der Waals surface area contributed by atoms with E-state index in [9.17, 15) is 9.59 Å². The number of carbonyl (C=O) groups excluding carboxylic acids is 2. The van der Waals surface area contributed by atoms with E-state index >= 15 is 0 Å². The molecule has 1 aromatic carbocycles.